The predicted molar refractivity (Wildman–Crippen MR) is 116 cm³/mol. The summed E-state index contributed by atoms with van der Waals surface area (Å²) in [5.74, 6) is 1.14. The van der Waals surface area contributed by atoms with E-state index >= 15 is 0 Å². The zero-order valence-electron chi connectivity index (χ0n) is 15.5. The third-order valence-electron chi connectivity index (χ3n) is 4.30. The van der Waals surface area contributed by atoms with Gasteiger partial charge in [-0.2, -0.15) is 11.8 Å². The molecule has 2 unspecified atom stereocenters. The Balaban J connectivity index is 1.78. The van der Waals surface area contributed by atoms with Crippen molar-refractivity contribution < 1.29 is 15.0 Å². The number of carbonyl (C=O) groups is 1. The molecule has 0 aliphatic rings. The number of carboxylic acids is 1. The van der Waals surface area contributed by atoms with E-state index in [4.69, 9.17) is 5.11 Å². The summed E-state index contributed by atoms with van der Waals surface area (Å²) >= 11 is 3.51. The fourth-order valence-electron chi connectivity index (χ4n) is 2.77. The summed E-state index contributed by atoms with van der Waals surface area (Å²) in [5, 5.41) is 19.6. The number of unbranched alkanes of at least 4 members (excludes halogenated alkanes) is 1. The van der Waals surface area contributed by atoms with Gasteiger partial charge in [0.2, 0.25) is 0 Å². The molecule has 0 fully saturated rings. The largest absolute Gasteiger partial charge is 0.481 e. The van der Waals surface area contributed by atoms with Crippen LogP contribution in [-0.4, -0.2) is 27.2 Å². The Labute approximate surface area is 170 Å². The molecule has 27 heavy (non-hydrogen) atoms. The average Bonchev–Trinajstić information content (AvgIpc) is 2.70. The molecule has 0 radical (unpaired) electrons. The smallest absolute Gasteiger partial charge is 0.303 e. The Morgan fingerprint density at radius 1 is 0.889 bits per heavy atom. The summed E-state index contributed by atoms with van der Waals surface area (Å²) in [6.45, 7) is 0. The molecule has 0 aromatic heterocycles. The lowest BCUT2D eigenvalue weighted by Gasteiger charge is -2.18. The van der Waals surface area contributed by atoms with Crippen LogP contribution in [0, 0.1) is 0 Å². The molecule has 2 atom stereocenters. The van der Waals surface area contributed by atoms with E-state index in [0.29, 0.717) is 5.25 Å². The Bertz CT molecular complexity index is 649. The quantitative estimate of drug-likeness (QED) is 0.329. The first-order valence-corrected chi connectivity index (χ1v) is 11.5. The van der Waals surface area contributed by atoms with E-state index in [0.717, 1.165) is 42.8 Å². The van der Waals surface area contributed by atoms with Gasteiger partial charge in [-0.05, 0) is 36.1 Å². The second-order valence-corrected chi connectivity index (χ2v) is 8.96. The lowest BCUT2D eigenvalue weighted by atomic mass is 10.1. The molecule has 2 rings (SSSR count). The molecule has 0 saturated heterocycles. The third kappa shape index (κ3) is 9.36. The van der Waals surface area contributed by atoms with Crippen LogP contribution in [0.4, 0.5) is 0 Å². The monoisotopic (exact) mass is 404 g/mol. The van der Waals surface area contributed by atoms with E-state index in [1.165, 1.54) is 5.56 Å². The number of aliphatic carboxylic acids is 1. The first-order chi connectivity index (χ1) is 13.1. The predicted octanol–water partition coefficient (Wildman–Crippen LogP) is 5.75. The number of hydrogen-bond donors (Lipinski definition) is 2. The maximum Gasteiger partial charge on any atom is 0.303 e. The second kappa shape index (κ2) is 12.9. The first-order valence-electron chi connectivity index (χ1n) is 9.37. The Hall–Kier alpha value is -1.43. The van der Waals surface area contributed by atoms with Crippen molar-refractivity contribution in [3.8, 4) is 0 Å². The van der Waals surface area contributed by atoms with E-state index < -0.39 is 11.4 Å². The normalized spacial score (nSPS) is 13.2. The lowest BCUT2D eigenvalue weighted by molar-refractivity contribution is -0.137. The fourth-order valence-corrected chi connectivity index (χ4v) is 5.15. The van der Waals surface area contributed by atoms with Gasteiger partial charge in [0.15, 0.2) is 0 Å². The van der Waals surface area contributed by atoms with Crippen molar-refractivity contribution in [3.63, 3.8) is 0 Å². The van der Waals surface area contributed by atoms with Crippen molar-refractivity contribution >= 4 is 29.5 Å². The number of thioether (sulfide) groups is 2. The van der Waals surface area contributed by atoms with Gasteiger partial charge < -0.3 is 10.2 Å². The summed E-state index contributed by atoms with van der Waals surface area (Å²) < 4.78 is 0. The summed E-state index contributed by atoms with van der Waals surface area (Å²) in [4.78, 5) is 10.7. The highest BCUT2D eigenvalue weighted by molar-refractivity contribution is 8.00. The molecule has 5 heteroatoms. The van der Waals surface area contributed by atoms with Crippen LogP contribution in [0.25, 0.3) is 0 Å². The minimum Gasteiger partial charge on any atom is -0.481 e. The number of hydrogen-bond acceptors (Lipinski definition) is 4. The minimum atomic E-state index is -0.718. The van der Waals surface area contributed by atoms with Crippen molar-refractivity contribution in [1.29, 1.82) is 0 Å². The topological polar surface area (TPSA) is 57.5 Å². The molecule has 3 nitrogen and oxygen atoms in total. The fraction of sp³-hybridized carbons (Fsp3) is 0.409. The molecule has 2 aromatic carbocycles. The molecule has 0 aliphatic carbocycles. The van der Waals surface area contributed by atoms with Crippen LogP contribution in [0.3, 0.4) is 0 Å². The summed E-state index contributed by atoms with van der Waals surface area (Å²) in [5.41, 5.74) is 1.77. The van der Waals surface area contributed by atoms with Gasteiger partial charge >= 0.3 is 5.97 Å². The van der Waals surface area contributed by atoms with Crippen molar-refractivity contribution in [2.45, 2.75) is 48.5 Å². The molecule has 0 bridgehead atoms. The minimum absolute atomic E-state index is 0.248. The van der Waals surface area contributed by atoms with Crippen LogP contribution in [0.5, 0.6) is 0 Å². The summed E-state index contributed by atoms with van der Waals surface area (Å²) in [7, 11) is 0. The summed E-state index contributed by atoms with van der Waals surface area (Å²) in [6.07, 6.45) is 3.95. The van der Waals surface area contributed by atoms with Crippen molar-refractivity contribution in [3.05, 3.63) is 71.8 Å². The van der Waals surface area contributed by atoms with Crippen LogP contribution < -0.4 is 0 Å². The van der Waals surface area contributed by atoms with E-state index in [9.17, 15) is 9.90 Å². The van der Waals surface area contributed by atoms with Gasteiger partial charge in [-0.3, -0.25) is 4.79 Å². The van der Waals surface area contributed by atoms with Crippen molar-refractivity contribution in [2.24, 2.45) is 0 Å². The van der Waals surface area contributed by atoms with Crippen LogP contribution in [-0.2, 0) is 10.5 Å². The van der Waals surface area contributed by atoms with E-state index in [-0.39, 0.29) is 6.42 Å². The summed E-state index contributed by atoms with van der Waals surface area (Å²) in [6, 6.07) is 20.2. The molecule has 146 valence electrons. The molecule has 2 aromatic rings. The van der Waals surface area contributed by atoms with Crippen molar-refractivity contribution in [2.75, 3.05) is 5.75 Å². The Morgan fingerprint density at radius 2 is 1.56 bits per heavy atom. The number of benzene rings is 2. The van der Waals surface area contributed by atoms with Crippen LogP contribution >= 0.6 is 23.5 Å². The molecular weight excluding hydrogens is 376 g/mol. The molecule has 0 heterocycles. The van der Waals surface area contributed by atoms with Crippen molar-refractivity contribution in [1.82, 2.24) is 0 Å². The second-order valence-electron chi connectivity index (χ2n) is 6.48. The van der Waals surface area contributed by atoms with E-state index in [1.54, 1.807) is 11.8 Å². The molecule has 0 spiro atoms. The van der Waals surface area contributed by atoms with E-state index in [2.05, 4.69) is 24.3 Å². The van der Waals surface area contributed by atoms with Gasteiger partial charge in [-0.25, -0.2) is 0 Å². The molecule has 0 saturated carbocycles. The number of carboxylic acid groups (broad SMARTS) is 1. The lowest BCUT2D eigenvalue weighted by Crippen LogP contribution is -2.07. The highest BCUT2D eigenvalue weighted by Gasteiger charge is 2.13. The van der Waals surface area contributed by atoms with Gasteiger partial charge in [0.05, 0.1) is 0 Å². The first kappa shape index (κ1) is 21.9. The number of rotatable bonds is 13. The molecule has 0 amide bonds. The Morgan fingerprint density at radius 3 is 2.22 bits per heavy atom. The van der Waals surface area contributed by atoms with Gasteiger partial charge in [0, 0.05) is 17.4 Å². The standard InChI is InChI=1S/C22H28O3S2/c23-21(24)14-8-7-13-20(27-17-18-9-3-1-4-10-18)15-16-26-22(25)19-11-5-2-6-12-19/h1-6,9-12,20,22,25H,7-8,13-17H2,(H,23,24). The maximum absolute atomic E-state index is 10.7. The SMILES string of the molecule is O=C(O)CCCCC(CCSC(O)c1ccccc1)SCc1ccccc1. The van der Waals surface area contributed by atoms with Crippen LogP contribution in [0.1, 0.15) is 48.7 Å². The average molecular weight is 405 g/mol. The maximum atomic E-state index is 10.7. The third-order valence-corrected chi connectivity index (χ3v) is 6.80. The highest BCUT2D eigenvalue weighted by Crippen LogP contribution is 2.30. The van der Waals surface area contributed by atoms with Gasteiger partial charge in [-0.1, -0.05) is 67.1 Å². The van der Waals surface area contributed by atoms with Crippen LogP contribution in [0.2, 0.25) is 0 Å². The zero-order valence-corrected chi connectivity index (χ0v) is 17.1. The zero-order chi connectivity index (χ0) is 19.3. The molecular formula is C22H28O3S2. The van der Waals surface area contributed by atoms with Gasteiger partial charge in [0.25, 0.3) is 0 Å². The van der Waals surface area contributed by atoms with Gasteiger partial charge in [0.1, 0.15) is 5.44 Å². The highest BCUT2D eigenvalue weighted by atomic mass is 32.2. The van der Waals surface area contributed by atoms with Crippen LogP contribution in [0.15, 0.2) is 60.7 Å². The number of aliphatic hydroxyl groups is 1. The van der Waals surface area contributed by atoms with Gasteiger partial charge in [-0.15, -0.1) is 11.8 Å². The Kier molecular flexibility index (Phi) is 10.4. The molecule has 2 N–H and O–H groups in total. The number of aliphatic hydroxyl groups excluding tert-OH is 1. The van der Waals surface area contributed by atoms with E-state index in [1.807, 2.05) is 48.2 Å². The molecule has 0 aliphatic heterocycles.